The molecule has 0 aliphatic rings. The molecule has 0 spiro atoms. The summed E-state index contributed by atoms with van der Waals surface area (Å²) in [6, 6.07) is 14.3. The number of methoxy groups -OCH3 is 2. The van der Waals surface area contributed by atoms with Crippen molar-refractivity contribution in [2.24, 2.45) is 0 Å². The molecule has 0 saturated heterocycles. The second kappa shape index (κ2) is 8.65. The molecule has 130 valence electrons. The summed E-state index contributed by atoms with van der Waals surface area (Å²) < 4.78 is 10.9. The highest BCUT2D eigenvalue weighted by atomic mass is 32.1. The van der Waals surface area contributed by atoms with Crippen molar-refractivity contribution in [2.45, 2.75) is 19.6 Å². The van der Waals surface area contributed by atoms with E-state index in [-0.39, 0.29) is 0 Å². The Labute approximate surface area is 152 Å². The summed E-state index contributed by atoms with van der Waals surface area (Å²) in [5.74, 6) is 1.65. The molecule has 3 aromatic rings. The van der Waals surface area contributed by atoms with Crippen LogP contribution in [0, 0.1) is 0 Å². The molecule has 5 heteroatoms. The number of nitrogens with zero attached hydrogens (tertiary/aromatic N) is 2. The van der Waals surface area contributed by atoms with Gasteiger partial charge in [-0.05, 0) is 29.1 Å². The molecule has 0 radical (unpaired) electrons. The Morgan fingerprint density at radius 3 is 2.60 bits per heavy atom. The molecule has 0 saturated carbocycles. The van der Waals surface area contributed by atoms with E-state index in [0.717, 1.165) is 36.7 Å². The maximum absolute atomic E-state index is 5.56. The topological polar surface area (TPSA) is 34.6 Å². The van der Waals surface area contributed by atoms with Crippen LogP contribution in [0.2, 0.25) is 0 Å². The van der Waals surface area contributed by atoms with Crippen LogP contribution >= 0.6 is 11.3 Å². The normalized spacial score (nSPS) is 10.8. The standard InChI is InChI=1S/C20H22N2O2S/c1-23-18-8-7-17(20(11-18)24-2)14-22(15-19-6-4-10-25-19)13-16-5-3-9-21-12-16/h3-12H,13-15H2,1-2H3. The molecule has 4 nitrogen and oxygen atoms in total. The van der Waals surface area contributed by atoms with Crippen LogP contribution in [0.1, 0.15) is 16.0 Å². The third kappa shape index (κ3) is 4.81. The highest BCUT2D eigenvalue weighted by Crippen LogP contribution is 2.27. The Morgan fingerprint density at radius 2 is 1.92 bits per heavy atom. The first-order valence-electron chi connectivity index (χ1n) is 8.13. The van der Waals surface area contributed by atoms with Gasteiger partial charge in [-0.3, -0.25) is 9.88 Å². The van der Waals surface area contributed by atoms with Crippen LogP contribution in [0.15, 0.2) is 60.2 Å². The van der Waals surface area contributed by atoms with Crippen molar-refractivity contribution in [2.75, 3.05) is 14.2 Å². The predicted molar refractivity (Wildman–Crippen MR) is 101 cm³/mol. The van der Waals surface area contributed by atoms with E-state index in [9.17, 15) is 0 Å². The molecular weight excluding hydrogens is 332 g/mol. The van der Waals surface area contributed by atoms with E-state index in [2.05, 4.69) is 39.5 Å². The molecule has 0 amide bonds. The smallest absolute Gasteiger partial charge is 0.127 e. The Morgan fingerprint density at radius 1 is 1.00 bits per heavy atom. The number of benzene rings is 1. The van der Waals surface area contributed by atoms with Crippen molar-refractivity contribution in [1.29, 1.82) is 0 Å². The van der Waals surface area contributed by atoms with Crippen LogP contribution in [0.25, 0.3) is 0 Å². The Hall–Kier alpha value is -2.37. The minimum atomic E-state index is 0.792. The third-order valence-electron chi connectivity index (χ3n) is 3.98. The Balaban J connectivity index is 1.81. The summed E-state index contributed by atoms with van der Waals surface area (Å²) in [5, 5.41) is 2.12. The molecule has 0 fully saturated rings. The summed E-state index contributed by atoms with van der Waals surface area (Å²) >= 11 is 1.78. The molecule has 0 aliphatic heterocycles. The molecule has 0 aliphatic carbocycles. The fourth-order valence-electron chi connectivity index (χ4n) is 2.76. The van der Waals surface area contributed by atoms with Crippen molar-refractivity contribution >= 4 is 11.3 Å². The number of thiophene rings is 1. The average Bonchev–Trinajstić information content (AvgIpc) is 3.16. The number of pyridine rings is 1. The minimum absolute atomic E-state index is 0.792. The van der Waals surface area contributed by atoms with E-state index >= 15 is 0 Å². The highest BCUT2D eigenvalue weighted by Gasteiger charge is 2.13. The lowest BCUT2D eigenvalue weighted by molar-refractivity contribution is 0.245. The van der Waals surface area contributed by atoms with Gasteiger partial charge >= 0.3 is 0 Å². The molecule has 3 rings (SSSR count). The van der Waals surface area contributed by atoms with Gasteiger partial charge in [-0.1, -0.05) is 18.2 Å². The Kier molecular flexibility index (Phi) is 6.04. The van der Waals surface area contributed by atoms with Gasteiger partial charge in [-0.25, -0.2) is 0 Å². The van der Waals surface area contributed by atoms with Crippen LogP contribution in [0.5, 0.6) is 11.5 Å². The van der Waals surface area contributed by atoms with Crippen LogP contribution in [-0.4, -0.2) is 24.1 Å². The molecule has 25 heavy (non-hydrogen) atoms. The van der Waals surface area contributed by atoms with E-state index in [0.29, 0.717) is 0 Å². The minimum Gasteiger partial charge on any atom is -0.497 e. The average molecular weight is 354 g/mol. The van der Waals surface area contributed by atoms with E-state index < -0.39 is 0 Å². The molecule has 2 heterocycles. The van der Waals surface area contributed by atoms with Gasteiger partial charge in [0.25, 0.3) is 0 Å². The lowest BCUT2D eigenvalue weighted by Crippen LogP contribution is -2.22. The molecule has 0 bridgehead atoms. The van der Waals surface area contributed by atoms with Crippen LogP contribution in [-0.2, 0) is 19.6 Å². The van der Waals surface area contributed by atoms with E-state index in [1.54, 1.807) is 31.8 Å². The first kappa shape index (κ1) is 17.5. The lowest BCUT2D eigenvalue weighted by Gasteiger charge is -2.23. The highest BCUT2D eigenvalue weighted by molar-refractivity contribution is 7.09. The van der Waals surface area contributed by atoms with Gasteiger partial charge in [0.05, 0.1) is 14.2 Å². The van der Waals surface area contributed by atoms with Gasteiger partial charge in [0.1, 0.15) is 11.5 Å². The van der Waals surface area contributed by atoms with Crippen LogP contribution in [0.3, 0.4) is 0 Å². The first-order chi connectivity index (χ1) is 12.3. The monoisotopic (exact) mass is 354 g/mol. The van der Waals surface area contributed by atoms with E-state index in [1.807, 2.05) is 24.4 Å². The zero-order valence-electron chi connectivity index (χ0n) is 14.5. The second-order valence-electron chi connectivity index (χ2n) is 5.76. The summed E-state index contributed by atoms with van der Waals surface area (Å²) in [5.41, 5.74) is 2.34. The summed E-state index contributed by atoms with van der Waals surface area (Å²) in [6.07, 6.45) is 3.73. The number of ether oxygens (including phenoxy) is 2. The fraction of sp³-hybridized carbons (Fsp3) is 0.250. The SMILES string of the molecule is COc1ccc(CN(Cc2cccnc2)Cc2cccs2)c(OC)c1. The van der Waals surface area contributed by atoms with Crippen molar-refractivity contribution in [3.8, 4) is 11.5 Å². The van der Waals surface area contributed by atoms with Gasteiger partial charge in [-0.2, -0.15) is 0 Å². The van der Waals surface area contributed by atoms with Crippen LogP contribution in [0.4, 0.5) is 0 Å². The molecule has 1 aromatic carbocycles. The molecule has 2 aromatic heterocycles. The largest absolute Gasteiger partial charge is 0.497 e. The van der Waals surface area contributed by atoms with Gasteiger partial charge in [-0.15, -0.1) is 11.3 Å². The Bertz CT molecular complexity index is 776. The van der Waals surface area contributed by atoms with Crippen molar-refractivity contribution in [1.82, 2.24) is 9.88 Å². The van der Waals surface area contributed by atoms with E-state index in [4.69, 9.17) is 9.47 Å². The number of hydrogen-bond acceptors (Lipinski definition) is 5. The number of rotatable bonds is 8. The zero-order chi connectivity index (χ0) is 17.5. The molecule has 0 atom stereocenters. The predicted octanol–water partition coefficient (Wildman–Crippen LogP) is 4.36. The van der Waals surface area contributed by atoms with Crippen molar-refractivity contribution in [3.63, 3.8) is 0 Å². The van der Waals surface area contributed by atoms with Gasteiger partial charge < -0.3 is 9.47 Å². The van der Waals surface area contributed by atoms with Gasteiger partial charge in [0.2, 0.25) is 0 Å². The first-order valence-corrected chi connectivity index (χ1v) is 9.01. The summed E-state index contributed by atoms with van der Waals surface area (Å²) in [4.78, 5) is 7.97. The summed E-state index contributed by atoms with van der Waals surface area (Å²) in [6.45, 7) is 2.52. The van der Waals surface area contributed by atoms with Crippen molar-refractivity contribution < 1.29 is 9.47 Å². The van der Waals surface area contributed by atoms with E-state index in [1.165, 1.54) is 10.4 Å². The van der Waals surface area contributed by atoms with Crippen molar-refractivity contribution in [3.05, 3.63) is 76.2 Å². The lowest BCUT2D eigenvalue weighted by atomic mass is 10.1. The van der Waals surface area contributed by atoms with Gasteiger partial charge in [0, 0.05) is 48.5 Å². The fourth-order valence-corrected chi connectivity index (χ4v) is 3.51. The maximum atomic E-state index is 5.56. The summed E-state index contributed by atoms with van der Waals surface area (Å²) in [7, 11) is 3.36. The second-order valence-corrected chi connectivity index (χ2v) is 6.80. The molecule has 0 N–H and O–H groups in total. The molecular formula is C20H22N2O2S. The van der Waals surface area contributed by atoms with Gasteiger partial charge in [0.15, 0.2) is 0 Å². The number of hydrogen-bond donors (Lipinski definition) is 0. The quantitative estimate of drug-likeness (QED) is 0.602. The zero-order valence-corrected chi connectivity index (χ0v) is 15.3. The van der Waals surface area contributed by atoms with Crippen LogP contribution < -0.4 is 9.47 Å². The maximum Gasteiger partial charge on any atom is 0.127 e. The number of aromatic nitrogens is 1. The third-order valence-corrected chi connectivity index (χ3v) is 4.84. The molecule has 0 unspecified atom stereocenters.